The van der Waals surface area contributed by atoms with Gasteiger partial charge in [0.2, 0.25) is 5.78 Å². The van der Waals surface area contributed by atoms with Crippen LogP contribution in [0, 0.1) is 18.3 Å². The first-order valence-electron chi connectivity index (χ1n) is 11.7. The molecule has 5 rings (SSSR count). The van der Waals surface area contributed by atoms with Crippen molar-refractivity contribution in [1.29, 1.82) is 5.26 Å². The van der Waals surface area contributed by atoms with Gasteiger partial charge in [0.05, 0.1) is 17.3 Å². The minimum atomic E-state index is 0.0713. The number of hydrogen-bond donors (Lipinski definition) is 0. The summed E-state index contributed by atoms with van der Waals surface area (Å²) in [5.41, 5.74) is 5.50. The molecule has 0 atom stereocenters. The maximum Gasteiger partial charge on any atom is 0.259 e. The third-order valence-corrected chi connectivity index (χ3v) is 6.61. The molecule has 1 fully saturated rings. The van der Waals surface area contributed by atoms with Gasteiger partial charge >= 0.3 is 0 Å². The lowest BCUT2D eigenvalue weighted by molar-refractivity contribution is 0.308. The van der Waals surface area contributed by atoms with Crippen LogP contribution >= 0.6 is 0 Å². The molecule has 0 bridgehead atoms. The average molecular weight is 438 g/mol. The number of fused-ring (bicyclic) bond motifs is 1. The zero-order valence-electron chi connectivity index (χ0n) is 19.1. The van der Waals surface area contributed by atoms with Crippen molar-refractivity contribution in [3.05, 3.63) is 87.1 Å². The molecule has 0 unspecified atom stereocenters. The van der Waals surface area contributed by atoms with Gasteiger partial charge in [-0.05, 0) is 55.4 Å². The normalized spacial score (nSPS) is 13.7. The number of aryl methyl sites for hydroxylation is 2. The number of aromatic nitrogens is 4. The Morgan fingerprint density at radius 2 is 1.88 bits per heavy atom. The quantitative estimate of drug-likeness (QED) is 0.425. The first-order chi connectivity index (χ1) is 16.1. The van der Waals surface area contributed by atoms with Crippen LogP contribution in [0.25, 0.3) is 16.9 Å². The van der Waals surface area contributed by atoms with Gasteiger partial charge in [-0.3, -0.25) is 9.36 Å². The van der Waals surface area contributed by atoms with E-state index in [9.17, 15) is 10.1 Å². The predicted molar refractivity (Wildman–Crippen MR) is 128 cm³/mol. The zero-order valence-corrected chi connectivity index (χ0v) is 19.1. The molecule has 0 aliphatic heterocycles. The van der Waals surface area contributed by atoms with Crippen LogP contribution in [0.5, 0.6) is 0 Å². The van der Waals surface area contributed by atoms with Gasteiger partial charge in [0.25, 0.3) is 5.56 Å². The van der Waals surface area contributed by atoms with E-state index in [-0.39, 0.29) is 11.6 Å². The highest BCUT2D eigenvalue weighted by molar-refractivity contribution is 5.70. The second-order valence-corrected chi connectivity index (χ2v) is 8.84. The van der Waals surface area contributed by atoms with Crippen LogP contribution in [0.1, 0.15) is 66.9 Å². The molecule has 2 aromatic heterocycles. The molecule has 0 saturated heterocycles. The van der Waals surface area contributed by atoms with Crippen LogP contribution in [-0.2, 0) is 12.8 Å². The van der Waals surface area contributed by atoms with Crippen molar-refractivity contribution >= 4 is 5.78 Å². The summed E-state index contributed by atoms with van der Waals surface area (Å²) in [6.07, 6.45) is 5.44. The Hall–Kier alpha value is -3.72. The molecule has 1 aliphatic rings. The minimum Gasteiger partial charge on any atom is -0.274 e. The summed E-state index contributed by atoms with van der Waals surface area (Å²) >= 11 is 0. The maximum atomic E-state index is 13.7. The summed E-state index contributed by atoms with van der Waals surface area (Å²) in [5, 5.41) is 14.1. The second kappa shape index (κ2) is 8.67. The topological polar surface area (TPSA) is 76.0 Å². The molecule has 1 saturated carbocycles. The number of benzene rings is 2. The molecule has 6 heteroatoms. The Morgan fingerprint density at radius 3 is 2.55 bits per heavy atom. The highest BCUT2D eigenvalue weighted by Crippen LogP contribution is 2.32. The fourth-order valence-electron chi connectivity index (χ4n) is 4.71. The minimum absolute atomic E-state index is 0.0713. The van der Waals surface area contributed by atoms with Crippen molar-refractivity contribution < 1.29 is 0 Å². The van der Waals surface area contributed by atoms with E-state index in [0.29, 0.717) is 23.6 Å². The van der Waals surface area contributed by atoms with Crippen LogP contribution in [-0.4, -0.2) is 19.2 Å². The molecule has 4 aromatic rings. The van der Waals surface area contributed by atoms with Gasteiger partial charge in [-0.25, -0.2) is 4.52 Å². The van der Waals surface area contributed by atoms with E-state index in [4.69, 9.17) is 0 Å². The van der Waals surface area contributed by atoms with Gasteiger partial charge in [0.15, 0.2) is 0 Å². The van der Waals surface area contributed by atoms with E-state index in [1.165, 1.54) is 0 Å². The molecule has 6 nitrogen and oxygen atoms in total. The van der Waals surface area contributed by atoms with Crippen molar-refractivity contribution in [2.45, 2.75) is 58.4 Å². The number of rotatable bonds is 6. The first kappa shape index (κ1) is 21.1. The summed E-state index contributed by atoms with van der Waals surface area (Å²) in [6, 6.07) is 18.3. The van der Waals surface area contributed by atoms with Crippen LogP contribution in [0.15, 0.2) is 53.3 Å². The largest absolute Gasteiger partial charge is 0.274 e. The Balaban J connectivity index is 1.59. The highest BCUT2D eigenvalue weighted by Gasteiger charge is 2.27. The molecular formula is C27H27N5O. The van der Waals surface area contributed by atoms with Gasteiger partial charge in [-0.2, -0.15) is 15.3 Å². The molecular weight excluding hydrogens is 410 g/mol. The van der Waals surface area contributed by atoms with Gasteiger partial charge in [0, 0.05) is 18.0 Å². The molecule has 0 radical (unpaired) electrons. The van der Waals surface area contributed by atoms with E-state index in [1.807, 2.05) is 52.4 Å². The molecule has 2 heterocycles. The lowest BCUT2D eigenvalue weighted by Gasteiger charge is -2.29. The van der Waals surface area contributed by atoms with Crippen LogP contribution in [0.4, 0.5) is 0 Å². The van der Waals surface area contributed by atoms with Crippen LogP contribution in [0.3, 0.4) is 0 Å². The first-order valence-corrected chi connectivity index (χ1v) is 11.7. The van der Waals surface area contributed by atoms with Gasteiger partial charge in [0.1, 0.15) is 5.82 Å². The number of nitrogens with zero attached hydrogens (tertiary/aromatic N) is 5. The maximum absolute atomic E-state index is 13.7. The zero-order chi connectivity index (χ0) is 22.9. The lowest BCUT2D eigenvalue weighted by atomic mass is 9.92. The Labute approximate surface area is 193 Å². The van der Waals surface area contributed by atoms with E-state index < -0.39 is 0 Å². The van der Waals surface area contributed by atoms with E-state index in [0.717, 1.165) is 60.1 Å². The average Bonchev–Trinajstić information content (AvgIpc) is 3.19. The third kappa shape index (κ3) is 3.74. The van der Waals surface area contributed by atoms with Crippen molar-refractivity contribution in [1.82, 2.24) is 19.2 Å². The summed E-state index contributed by atoms with van der Waals surface area (Å²) in [6.45, 7) is 4.01. The molecule has 1 aliphatic carbocycles. The second-order valence-electron chi connectivity index (χ2n) is 8.84. The Kier molecular flexibility index (Phi) is 5.55. The van der Waals surface area contributed by atoms with Gasteiger partial charge in [-0.15, -0.1) is 0 Å². The summed E-state index contributed by atoms with van der Waals surface area (Å²) in [5.74, 6) is 1.37. The SMILES string of the molecule is CCCc1c(Cc2ccc(-c3ccccc3C#N)cc2)c(=O)n(C2CCC2)c2nc(C)nn12. The lowest BCUT2D eigenvalue weighted by Crippen LogP contribution is -2.34. The van der Waals surface area contributed by atoms with Gasteiger partial charge in [-0.1, -0.05) is 55.8 Å². The monoisotopic (exact) mass is 437 g/mol. The number of nitriles is 1. The third-order valence-electron chi connectivity index (χ3n) is 6.61. The van der Waals surface area contributed by atoms with Crippen molar-refractivity contribution in [2.24, 2.45) is 0 Å². The van der Waals surface area contributed by atoms with Crippen molar-refractivity contribution in [3.63, 3.8) is 0 Å². The molecule has 33 heavy (non-hydrogen) atoms. The standard InChI is InChI=1S/C27H27N5O/c1-3-7-25-24(26(33)31(22-9-6-10-22)27-29-18(2)30-32(25)27)16-19-12-14-20(15-13-19)23-11-5-4-8-21(23)17-28/h4-5,8,11-15,22H,3,6-7,9-10,16H2,1-2H3. The van der Waals surface area contributed by atoms with Crippen LogP contribution < -0.4 is 5.56 Å². The molecule has 0 N–H and O–H groups in total. The van der Waals surface area contributed by atoms with Crippen molar-refractivity contribution in [2.75, 3.05) is 0 Å². The molecule has 0 amide bonds. The van der Waals surface area contributed by atoms with E-state index in [2.05, 4.69) is 35.2 Å². The molecule has 166 valence electrons. The van der Waals surface area contributed by atoms with Crippen molar-refractivity contribution in [3.8, 4) is 17.2 Å². The number of hydrogen-bond acceptors (Lipinski definition) is 4. The Bertz CT molecular complexity index is 1420. The fourth-order valence-corrected chi connectivity index (χ4v) is 4.71. The van der Waals surface area contributed by atoms with Gasteiger partial charge < -0.3 is 0 Å². The summed E-state index contributed by atoms with van der Waals surface area (Å²) in [4.78, 5) is 18.4. The smallest absolute Gasteiger partial charge is 0.259 e. The molecule has 0 spiro atoms. The Morgan fingerprint density at radius 1 is 1.12 bits per heavy atom. The van der Waals surface area contributed by atoms with E-state index in [1.54, 1.807) is 0 Å². The molecule has 2 aromatic carbocycles. The van der Waals surface area contributed by atoms with E-state index >= 15 is 0 Å². The fraction of sp³-hybridized carbons (Fsp3) is 0.333. The predicted octanol–water partition coefficient (Wildman–Crippen LogP) is 5.01. The van der Waals surface area contributed by atoms with Crippen LogP contribution in [0.2, 0.25) is 0 Å². The summed E-state index contributed by atoms with van der Waals surface area (Å²) < 4.78 is 3.79. The highest BCUT2D eigenvalue weighted by atomic mass is 16.1. The summed E-state index contributed by atoms with van der Waals surface area (Å²) in [7, 11) is 0.